The van der Waals surface area contributed by atoms with E-state index in [-0.39, 0.29) is 12.2 Å². The molecule has 154 valence electrons. The fourth-order valence-electron chi connectivity index (χ4n) is 3.16. The number of para-hydroxylation sites is 1. The molecule has 0 aliphatic heterocycles. The number of benzene rings is 2. The molecule has 4 aromatic rings. The van der Waals surface area contributed by atoms with Gasteiger partial charge >= 0.3 is 6.18 Å². The largest absolute Gasteiger partial charge is 0.416 e. The molecular formula is C21H18F3N5O. The summed E-state index contributed by atoms with van der Waals surface area (Å²) in [5.41, 5.74) is 0.816. The summed E-state index contributed by atoms with van der Waals surface area (Å²) >= 11 is 0. The zero-order valence-corrected chi connectivity index (χ0v) is 16.0. The third-order valence-corrected chi connectivity index (χ3v) is 4.65. The summed E-state index contributed by atoms with van der Waals surface area (Å²) in [6.45, 7) is 0.538. The van der Waals surface area contributed by atoms with Crippen LogP contribution < -0.4 is 5.56 Å². The molecule has 4 rings (SSSR count). The van der Waals surface area contributed by atoms with E-state index in [0.717, 1.165) is 17.8 Å². The minimum Gasteiger partial charge on any atom is -0.283 e. The van der Waals surface area contributed by atoms with Crippen molar-refractivity contribution in [3.63, 3.8) is 0 Å². The molecule has 0 saturated carbocycles. The Balaban J connectivity index is 1.52. The molecule has 0 N–H and O–H groups in total. The van der Waals surface area contributed by atoms with Gasteiger partial charge in [0.05, 0.1) is 24.1 Å². The summed E-state index contributed by atoms with van der Waals surface area (Å²) in [5, 5.41) is 9.22. The summed E-state index contributed by atoms with van der Waals surface area (Å²) in [6, 6.07) is 14.4. The van der Waals surface area contributed by atoms with Crippen molar-refractivity contribution in [2.45, 2.75) is 19.4 Å². The maximum Gasteiger partial charge on any atom is 0.416 e. The first-order chi connectivity index (χ1) is 14.3. The highest BCUT2D eigenvalue weighted by Gasteiger charge is 2.29. The quantitative estimate of drug-likeness (QED) is 0.501. The Morgan fingerprint density at radius 2 is 1.73 bits per heavy atom. The third-order valence-electron chi connectivity index (χ3n) is 4.65. The molecule has 2 aromatic heterocycles. The first-order valence-corrected chi connectivity index (χ1v) is 9.17. The Morgan fingerprint density at radius 1 is 1.03 bits per heavy atom. The minimum atomic E-state index is -4.36. The molecule has 0 bridgehead atoms. The monoisotopic (exact) mass is 413 g/mol. The van der Waals surface area contributed by atoms with E-state index < -0.39 is 11.7 Å². The fourth-order valence-corrected chi connectivity index (χ4v) is 3.16. The fraction of sp³-hybridized carbons (Fsp3) is 0.190. The summed E-state index contributed by atoms with van der Waals surface area (Å²) < 4.78 is 41.0. The SMILES string of the molecule is CN(Cc1ccc(C(F)(F)F)cc1)Cn1ncc2cn(-c3ccccc3)nc2c1=O. The minimum absolute atomic E-state index is 0.175. The Labute approximate surface area is 169 Å². The van der Waals surface area contributed by atoms with Crippen molar-refractivity contribution in [2.75, 3.05) is 7.05 Å². The van der Waals surface area contributed by atoms with Crippen LogP contribution in [0.25, 0.3) is 16.6 Å². The Morgan fingerprint density at radius 3 is 2.40 bits per heavy atom. The van der Waals surface area contributed by atoms with Crippen LogP contribution in [0.3, 0.4) is 0 Å². The van der Waals surface area contributed by atoms with Gasteiger partial charge in [0.2, 0.25) is 0 Å². The second kappa shape index (κ2) is 7.75. The Kier molecular flexibility index (Phi) is 5.13. The zero-order chi connectivity index (χ0) is 21.3. The smallest absolute Gasteiger partial charge is 0.283 e. The number of rotatable bonds is 5. The van der Waals surface area contributed by atoms with Crippen LogP contribution in [0.2, 0.25) is 0 Å². The molecular weight excluding hydrogens is 395 g/mol. The Hall–Kier alpha value is -3.46. The lowest BCUT2D eigenvalue weighted by atomic mass is 10.1. The molecule has 0 spiro atoms. The molecule has 2 aromatic carbocycles. The van der Waals surface area contributed by atoms with E-state index in [4.69, 9.17) is 0 Å². The van der Waals surface area contributed by atoms with Crippen molar-refractivity contribution >= 4 is 10.9 Å². The van der Waals surface area contributed by atoms with E-state index in [1.807, 2.05) is 30.3 Å². The molecule has 0 aliphatic rings. The van der Waals surface area contributed by atoms with Crippen LogP contribution >= 0.6 is 0 Å². The zero-order valence-electron chi connectivity index (χ0n) is 16.0. The van der Waals surface area contributed by atoms with E-state index in [1.165, 1.54) is 16.8 Å². The lowest BCUT2D eigenvalue weighted by molar-refractivity contribution is -0.137. The molecule has 0 fully saturated rings. The van der Waals surface area contributed by atoms with Crippen LogP contribution in [0.5, 0.6) is 0 Å². The van der Waals surface area contributed by atoms with Crippen LogP contribution in [-0.2, 0) is 19.4 Å². The van der Waals surface area contributed by atoms with Crippen LogP contribution in [-0.4, -0.2) is 31.5 Å². The van der Waals surface area contributed by atoms with Crippen LogP contribution in [0, 0.1) is 0 Å². The molecule has 0 unspecified atom stereocenters. The lowest BCUT2D eigenvalue weighted by Crippen LogP contribution is -2.31. The Bertz CT molecular complexity index is 1210. The number of fused-ring (bicyclic) bond motifs is 1. The molecule has 0 amide bonds. The van der Waals surface area contributed by atoms with Gasteiger partial charge in [-0.25, -0.2) is 9.36 Å². The predicted octanol–water partition coefficient (Wildman–Crippen LogP) is 3.69. The highest BCUT2D eigenvalue weighted by Crippen LogP contribution is 2.29. The predicted molar refractivity (Wildman–Crippen MR) is 106 cm³/mol. The molecule has 0 atom stereocenters. The maximum atomic E-state index is 12.8. The number of alkyl halides is 3. The van der Waals surface area contributed by atoms with Gasteiger partial charge in [0.1, 0.15) is 0 Å². The summed E-state index contributed by atoms with van der Waals surface area (Å²) in [4.78, 5) is 14.6. The van der Waals surface area contributed by atoms with Gasteiger partial charge in [0.15, 0.2) is 5.52 Å². The molecule has 30 heavy (non-hydrogen) atoms. The number of nitrogens with zero attached hydrogens (tertiary/aromatic N) is 5. The number of halogens is 3. The van der Waals surface area contributed by atoms with E-state index in [0.29, 0.717) is 23.0 Å². The van der Waals surface area contributed by atoms with Gasteiger partial charge in [-0.1, -0.05) is 30.3 Å². The number of hydrogen-bond donors (Lipinski definition) is 0. The highest BCUT2D eigenvalue weighted by atomic mass is 19.4. The van der Waals surface area contributed by atoms with Crippen LogP contribution in [0.1, 0.15) is 11.1 Å². The summed E-state index contributed by atoms with van der Waals surface area (Å²) in [5.74, 6) is 0. The van der Waals surface area contributed by atoms with Gasteiger partial charge in [-0.05, 0) is 36.9 Å². The van der Waals surface area contributed by atoms with Crippen molar-refractivity contribution in [3.8, 4) is 5.69 Å². The first-order valence-electron chi connectivity index (χ1n) is 9.17. The third kappa shape index (κ3) is 4.11. The van der Waals surface area contributed by atoms with Crippen LogP contribution in [0.4, 0.5) is 13.2 Å². The lowest BCUT2D eigenvalue weighted by Gasteiger charge is -2.17. The van der Waals surface area contributed by atoms with Crippen molar-refractivity contribution in [1.29, 1.82) is 0 Å². The first kappa shape index (κ1) is 19.8. The van der Waals surface area contributed by atoms with E-state index >= 15 is 0 Å². The number of aromatic nitrogens is 4. The average molecular weight is 413 g/mol. The second-order valence-electron chi connectivity index (χ2n) is 7.01. The van der Waals surface area contributed by atoms with E-state index in [2.05, 4.69) is 10.2 Å². The standard InChI is InChI=1S/C21H18F3N5O/c1-27(12-15-7-9-17(10-8-15)21(22,23)24)14-29-20(30)19-16(11-25-29)13-28(26-19)18-5-3-2-4-6-18/h2-11,13H,12,14H2,1H3. The topological polar surface area (TPSA) is 56.0 Å². The van der Waals surface area contributed by atoms with Gasteiger partial charge in [0, 0.05) is 18.1 Å². The van der Waals surface area contributed by atoms with E-state index in [9.17, 15) is 18.0 Å². The van der Waals surface area contributed by atoms with Gasteiger partial charge in [0.25, 0.3) is 5.56 Å². The maximum absolute atomic E-state index is 12.8. The van der Waals surface area contributed by atoms with Crippen molar-refractivity contribution in [3.05, 3.63) is 88.5 Å². The van der Waals surface area contributed by atoms with Gasteiger partial charge < -0.3 is 0 Å². The second-order valence-corrected chi connectivity index (χ2v) is 7.01. The van der Waals surface area contributed by atoms with Crippen molar-refractivity contribution in [1.82, 2.24) is 24.5 Å². The molecule has 6 nitrogen and oxygen atoms in total. The average Bonchev–Trinajstić information content (AvgIpc) is 3.16. The van der Waals surface area contributed by atoms with Crippen molar-refractivity contribution < 1.29 is 13.2 Å². The molecule has 0 radical (unpaired) electrons. The highest BCUT2D eigenvalue weighted by molar-refractivity contribution is 5.76. The van der Waals surface area contributed by atoms with E-state index in [1.54, 1.807) is 29.0 Å². The van der Waals surface area contributed by atoms with Crippen LogP contribution in [0.15, 0.2) is 71.8 Å². The summed E-state index contributed by atoms with van der Waals surface area (Å²) in [7, 11) is 1.76. The molecule has 2 heterocycles. The molecule has 9 heteroatoms. The molecule has 0 aliphatic carbocycles. The summed E-state index contributed by atoms with van der Waals surface area (Å²) in [6.07, 6.45) is -1.04. The van der Waals surface area contributed by atoms with Gasteiger partial charge in [-0.15, -0.1) is 0 Å². The number of hydrogen-bond acceptors (Lipinski definition) is 4. The van der Waals surface area contributed by atoms with Gasteiger partial charge in [-0.3, -0.25) is 9.69 Å². The normalized spacial score (nSPS) is 12.0. The van der Waals surface area contributed by atoms with Gasteiger partial charge in [-0.2, -0.15) is 23.4 Å². The molecule has 0 saturated heterocycles. The van der Waals surface area contributed by atoms with Crippen molar-refractivity contribution in [2.24, 2.45) is 0 Å².